The maximum Gasteiger partial charge on any atom is 0.344 e. The van der Waals surface area contributed by atoms with Crippen molar-refractivity contribution in [3.05, 3.63) is 28.7 Å². The van der Waals surface area contributed by atoms with E-state index in [1.54, 1.807) is 0 Å². The standard InChI is InChI=1S/C24H39BrO3/c1-2-3-4-5-6-7-8-9-10-11-12-13-14-15-20-27-24(26)21-28-23-18-16-22(25)17-19-23/h16-19H,2-15,20-21H2,1H3. The normalized spacial score (nSPS) is 10.8. The number of carbonyl (C=O) groups excluding carboxylic acids is 1. The fourth-order valence-electron chi connectivity index (χ4n) is 3.20. The van der Waals surface area contributed by atoms with Crippen molar-refractivity contribution in [2.75, 3.05) is 13.2 Å². The summed E-state index contributed by atoms with van der Waals surface area (Å²) in [5, 5.41) is 0. The largest absolute Gasteiger partial charge is 0.482 e. The zero-order valence-corrected chi connectivity index (χ0v) is 19.3. The average Bonchev–Trinajstić information content (AvgIpc) is 2.70. The van der Waals surface area contributed by atoms with E-state index in [-0.39, 0.29) is 12.6 Å². The molecule has 1 aromatic rings. The highest BCUT2D eigenvalue weighted by Crippen LogP contribution is 2.16. The third-order valence-electron chi connectivity index (χ3n) is 4.93. The van der Waals surface area contributed by atoms with Crippen LogP contribution in [0.3, 0.4) is 0 Å². The van der Waals surface area contributed by atoms with Crippen molar-refractivity contribution < 1.29 is 14.3 Å². The molecule has 0 N–H and O–H groups in total. The van der Waals surface area contributed by atoms with Crippen LogP contribution in [0.1, 0.15) is 96.8 Å². The predicted molar refractivity (Wildman–Crippen MR) is 121 cm³/mol. The van der Waals surface area contributed by atoms with Gasteiger partial charge in [0.15, 0.2) is 6.61 Å². The number of esters is 1. The molecule has 0 aromatic heterocycles. The number of hydrogen-bond donors (Lipinski definition) is 0. The Morgan fingerprint density at radius 3 is 1.71 bits per heavy atom. The third kappa shape index (κ3) is 15.0. The van der Waals surface area contributed by atoms with E-state index in [4.69, 9.17) is 9.47 Å². The van der Waals surface area contributed by atoms with Gasteiger partial charge in [-0.3, -0.25) is 0 Å². The number of benzene rings is 1. The molecule has 0 bridgehead atoms. The lowest BCUT2D eigenvalue weighted by Gasteiger charge is -2.07. The minimum Gasteiger partial charge on any atom is -0.482 e. The molecule has 0 aliphatic heterocycles. The van der Waals surface area contributed by atoms with E-state index >= 15 is 0 Å². The van der Waals surface area contributed by atoms with E-state index in [2.05, 4.69) is 22.9 Å². The Balaban J connectivity index is 1.80. The summed E-state index contributed by atoms with van der Waals surface area (Å²) in [4.78, 5) is 11.7. The van der Waals surface area contributed by atoms with Gasteiger partial charge in [-0.1, -0.05) is 106 Å². The number of halogens is 1. The van der Waals surface area contributed by atoms with Crippen molar-refractivity contribution in [3.8, 4) is 5.75 Å². The van der Waals surface area contributed by atoms with Crippen molar-refractivity contribution in [2.45, 2.75) is 96.8 Å². The van der Waals surface area contributed by atoms with Gasteiger partial charge in [-0.05, 0) is 30.7 Å². The van der Waals surface area contributed by atoms with E-state index in [9.17, 15) is 4.79 Å². The number of ether oxygens (including phenoxy) is 2. The molecule has 0 amide bonds. The molecule has 0 unspecified atom stereocenters. The van der Waals surface area contributed by atoms with Crippen molar-refractivity contribution in [1.82, 2.24) is 0 Å². The summed E-state index contributed by atoms with van der Waals surface area (Å²) in [5.41, 5.74) is 0. The molecule has 0 radical (unpaired) electrons. The van der Waals surface area contributed by atoms with Gasteiger partial charge in [0, 0.05) is 4.47 Å². The van der Waals surface area contributed by atoms with Gasteiger partial charge in [-0.25, -0.2) is 4.79 Å². The summed E-state index contributed by atoms with van der Waals surface area (Å²) in [6, 6.07) is 7.42. The second-order valence-corrected chi connectivity index (χ2v) is 8.47. The number of rotatable bonds is 18. The monoisotopic (exact) mass is 454 g/mol. The van der Waals surface area contributed by atoms with Crippen LogP contribution in [0.2, 0.25) is 0 Å². The first-order chi connectivity index (χ1) is 13.7. The van der Waals surface area contributed by atoms with Crippen molar-refractivity contribution in [3.63, 3.8) is 0 Å². The van der Waals surface area contributed by atoms with Crippen LogP contribution >= 0.6 is 15.9 Å². The van der Waals surface area contributed by atoms with Crippen LogP contribution in [-0.2, 0) is 9.53 Å². The van der Waals surface area contributed by atoms with E-state index in [1.165, 1.54) is 77.0 Å². The maximum absolute atomic E-state index is 11.7. The second-order valence-electron chi connectivity index (χ2n) is 7.56. The Bertz CT molecular complexity index is 487. The Morgan fingerprint density at radius 1 is 0.750 bits per heavy atom. The fraction of sp³-hybridized carbons (Fsp3) is 0.708. The topological polar surface area (TPSA) is 35.5 Å². The second kappa shape index (κ2) is 18.0. The smallest absolute Gasteiger partial charge is 0.344 e. The van der Waals surface area contributed by atoms with Crippen LogP contribution in [0.15, 0.2) is 28.7 Å². The summed E-state index contributed by atoms with van der Waals surface area (Å²) < 4.78 is 11.6. The maximum atomic E-state index is 11.7. The first-order valence-corrected chi connectivity index (χ1v) is 12.1. The van der Waals surface area contributed by atoms with Gasteiger partial charge < -0.3 is 9.47 Å². The Kier molecular flexibility index (Phi) is 16.1. The predicted octanol–water partition coefficient (Wildman–Crippen LogP) is 7.85. The van der Waals surface area contributed by atoms with Crippen molar-refractivity contribution >= 4 is 21.9 Å². The van der Waals surface area contributed by atoms with E-state index in [0.717, 1.165) is 17.3 Å². The molecule has 0 aliphatic rings. The number of hydrogen-bond acceptors (Lipinski definition) is 3. The molecule has 0 atom stereocenters. The minimum atomic E-state index is -0.294. The van der Waals surface area contributed by atoms with Crippen molar-refractivity contribution in [1.29, 1.82) is 0 Å². The Hall–Kier alpha value is -1.03. The number of carbonyl (C=O) groups is 1. The molecule has 1 rings (SSSR count). The quantitative estimate of drug-likeness (QED) is 0.167. The van der Waals surface area contributed by atoms with Crippen LogP contribution < -0.4 is 4.74 Å². The van der Waals surface area contributed by atoms with E-state index in [0.29, 0.717) is 12.4 Å². The summed E-state index contributed by atoms with van der Waals surface area (Å²) >= 11 is 3.37. The lowest BCUT2D eigenvalue weighted by molar-refractivity contribution is -0.146. The van der Waals surface area contributed by atoms with Gasteiger partial charge in [-0.2, -0.15) is 0 Å². The fourth-order valence-corrected chi connectivity index (χ4v) is 3.46. The first-order valence-electron chi connectivity index (χ1n) is 11.3. The molecule has 0 saturated heterocycles. The highest BCUT2D eigenvalue weighted by Gasteiger charge is 2.04. The third-order valence-corrected chi connectivity index (χ3v) is 5.46. The molecular weight excluding hydrogens is 416 g/mol. The molecular formula is C24H39BrO3. The van der Waals surface area contributed by atoms with Crippen LogP contribution in [-0.4, -0.2) is 19.2 Å². The van der Waals surface area contributed by atoms with Crippen molar-refractivity contribution in [2.24, 2.45) is 0 Å². The molecule has 160 valence electrons. The van der Waals surface area contributed by atoms with Gasteiger partial charge >= 0.3 is 5.97 Å². The first kappa shape index (κ1) is 25.0. The average molecular weight is 455 g/mol. The van der Waals surface area contributed by atoms with Gasteiger partial charge in [0.1, 0.15) is 5.75 Å². The summed E-state index contributed by atoms with van der Waals surface area (Å²) in [6.07, 6.45) is 18.6. The van der Waals surface area contributed by atoms with Crippen LogP contribution in [0, 0.1) is 0 Å². The van der Waals surface area contributed by atoms with Crippen LogP contribution in [0.25, 0.3) is 0 Å². The lowest BCUT2D eigenvalue weighted by atomic mass is 10.0. The highest BCUT2D eigenvalue weighted by atomic mass is 79.9. The zero-order chi connectivity index (χ0) is 20.3. The molecule has 3 nitrogen and oxygen atoms in total. The molecule has 0 heterocycles. The Morgan fingerprint density at radius 2 is 1.21 bits per heavy atom. The van der Waals surface area contributed by atoms with Gasteiger partial charge in [-0.15, -0.1) is 0 Å². The van der Waals surface area contributed by atoms with Gasteiger partial charge in [0.2, 0.25) is 0 Å². The molecule has 0 aliphatic carbocycles. The molecule has 1 aromatic carbocycles. The molecule has 0 spiro atoms. The van der Waals surface area contributed by atoms with E-state index in [1.807, 2.05) is 24.3 Å². The summed E-state index contributed by atoms with van der Waals surface area (Å²) in [5.74, 6) is 0.384. The van der Waals surface area contributed by atoms with Crippen LogP contribution in [0.4, 0.5) is 0 Å². The van der Waals surface area contributed by atoms with E-state index < -0.39 is 0 Å². The molecule has 0 fully saturated rings. The molecule has 0 saturated carbocycles. The lowest BCUT2D eigenvalue weighted by Crippen LogP contribution is -2.15. The SMILES string of the molecule is CCCCCCCCCCCCCCCCOC(=O)COc1ccc(Br)cc1. The highest BCUT2D eigenvalue weighted by molar-refractivity contribution is 9.10. The summed E-state index contributed by atoms with van der Waals surface area (Å²) in [7, 11) is 0. The van der Waals surface area contributed by atoms with Gasteiger partial charge in [0.05, 0.1) is 6.61 Å². The van der Waals surface area contributed by atoms with Crippen LogP contribution in [0.5, 0.6) is 5.75 Å². The minimum absolute atomic E-state index is 0.0275. The molecule has 28 heavy (non-hydrogen) atoms. The Labute approximate surface area is 180 Å². The zero-order valence-electron chi connectivity index (χ0n) is 17.7. The number of unbranched alkanes of at least 4 members (excludes halogenated alkanes) is 13. The summed E-state index contributed by atoms with van der Waals surface area (Å²) in [6.45, 7) is 2.74. The molecule has 4 heteroatoms. The van der Waals surface area contributed by atoms with Gasteiger partial charge in [0.25, 0.3) is 0 Å².